The Labute approximate surface area is 186 Å². The summed E-state index contributed by atoms with van der Waals surface area (Å²) in [5, 5.41) is 33.1. The number of carboxylic acid groups (broad SMARTS) is 1. The summed E-state index contributed by atoms with van der Waals surface area (Å²) in [6.45, 7) is 0. The Morgan fingerprint density at radius 3 is 2.61 bits per heavy atom. The quantitative estimate of drug-likeness (QED) is 0.458. The molecule has 0 aliphatic rings. The van der Waals surface area contributed by atoms with Gasteiger partial charge in [-0.3, -0.25) is 4.79 Å². The summed E-state index contributed by atoms with van der Waals surface area (Å²) in [7, 11) is 0. The van der Waals surface area contributed by atoms with E-state index in [2.05, 4.69) is 16.4 Å². The molecule has 1 amide bonds. The van der Waals surface area contributed by atoms with Gasteiger partial charge >= 0.3 is 5.97 Å². The molecular weight excluding hydrogens is 434 g/mol. The molecule has 2 aromatic heterocycles. The average molecular weight is 450 g/mol. The SMILES string of the molecule is N#Cc1c(N)nc(SCCC(=O)Nc2cccc(C(=O)O)c2)c(C#N)c1-c1cccs1. The summed E-state index contributed by atoms with van der Waals surface area (Å²) >= 11 is 2.57. The number of benzene rings is 1. The zero-order chi connectivity index (χ0) is 22.4. The van der Waals surface area contributed by atoms with E-state index in [9.17, 15) is 20.1 Å². The van der Waals surface area contributed by atoms with Gasteiger partial charge < -0.3 is 16.2 Å². The largest absolute Gasteiger partial charge is 0.478 e. The lowest BCUT2D eigenvalue weighted by Crippen LogP contribution is -2.13. The Morgan fingerprint density at radius 2 is 1.97 bits per heavy atom. The fourth-order valence-electron chi connectivity index (χ4n) is 2.76. The van der Waals surface area contributed by atoms with Crippen LogP contribution in [0.4, 0.5) is 11.5 Å². The first-order chi connectivity index (χ1) is 14.9. The van der Waals surface area contributed by atoms with Crippen molar-refractivity contribution in [1.82, 2.24) is 4.98 Å². The average Bonchev–Trinajstić information content (AvgIpc) is 3.28. The van der Waals surface area contributed by atoms with Gasteiger partial charge in [-0.2, -0.15) is 10.5 Å². The van der Waals surface area contributed by atoms with E-state index in [1.807, 2.05) is 17.5 Å². The van der Waals surface area contributed by atoms with Crippen LogP contribution in [0.2, 0.25) is 0 Å². The smallest absolute Gasteiger partial charge is 0.335 e. The van der Waals surface area contributed by atoms with E-state index in [0.717, 1.165) is 4.88 Å². The predicted molar refractivity (Wildman–Crippen MR) is 119 cm³/mol. The van der Waals surface area contributed by atoms with E-state index in [1.165, 1.54) is 35.2 Å². The second-order valence-corrected chi connectivity index (χ2v) is 8.19. The maximum absolute atomic E-state index is 12.2. The molecule has 4 N–H and O–H groups in total. The number of anilines is 2. The van der Waals surface area contributed by atoms with Gasteiger partial charge in [0.15, 0.2) is 0 Å². The first kappa shape index (κ1) is 21.8. The molecule has 154 valence electrons. The number of nitriles is 2. The number of nitrogens with one attached hydrogen (secondary N) is 1. The fourth-order valence-corrected chi connectivity index (χ4v) is 4.48. The molecule has 0 spiro atoms. The lowest BCUT2D eigenvalue weighted by Gasteiger charge is -2.11. The third-order valence-electron chi connectivity index (χ3n) is 4.14. The van der Waals surface area contributed by atoms with Crippen molar-refractivity contribution in [2.24, 2.45) is 0 Å². The minimum atomic E-state index is -1.08. The molecular formula is C21H15N5O3S2. The van der Waals surface area contributed by atoms with Crippen LogP contribution in [0.5, 0.6) is 0 Å². The number of rotatable bonds is 7. The van der Waals surface area contributed by atoms with Crippen LogP contribution >= 0.6 is 23.1 Å². The molecule has 1 aromatic carbocycles. The molecule has 0 aliphatic heterocycles. The van der Waals surface area contributed by atoms with Crippen LogP contribution in [-0.2, 0) is 4.79 Å². The van der Waals surface area contributed by atoms with Crippen LogP contribution < -0.4 is 11.1 Å². The number of aromatic carboxylic acids is 1. The normalized spacial score (nSPS) is 10.1. The Hall–Kier alpha value is -3.86. The number of nitrogens with zero attached hydrogens (tertiary/aromatic N) is 3. The number of nitrogens with two attached hydrogens (primary N) is 1. The van der Waals surface area contributed by atoms with Gasteiger partial charge in [0.05, 0.1) is 11.1 Å². The molecule has 0 bridgehead atoms. The Kier molecular flexibility index (Phi) is 6.88. The van der Waals surface area contributed by atoms with Gasteiger partial charge in [0, 0.05) is 28.3 Å². The number of amides is 1. The van der Waals surface area contributed by atoms with Gasteiger partial charge in [0.1, 0.15) is 28.5 Å². The molecule has 0 saturated carbocycles. The summed E-state index contributed by atoms with van der Waals surface area (Å²) in [5.74, 6) is -1.06. The molecule has 2 heterocycles. The number of hydrogen-bond donors (Lipinski definition) is 3. The minimum absolute atomic E-state index is 0.0299. The summed E-state index contributed by atoms with van der Waals surface area (Å²) in [6.07, 6.45) is 0.1000. The van der Waals surface area contributed by atoms with Gasteiger partial charge in [0.25, 0.3) is 0 Å². The van der Waals surface area contributed by atoms with E-state index >= 15 is 0 Å². The number of carboxylic acids is 1. The van der Waals surface area contributed by atoms with E-state index in [1.54, 1.807) is 18.2 Å². The number of hydrogen-bond acceptors (Lipinski definition) is 8. The van der Waals surface area contributed by atoms with Gasteiger partial charge in [-0.25, -0.2) is 9.78 Å². The van der Waals surface area contributed by atoms with Gasteiger partial charge in [-0.1, -0.05) is 12.1 Å². The van der Waals surface area contributed by atoms with Crippen molar-refractivity contribution in [2.75, 3.05) is 16.8 Å². The molecule has 0 unspecified atom stereocenters. The van der Waals surface area contributed by atoms with Crippen LogP contribution in [0.1, 0.15) is 27.9 Å². The van der Waals surface area contributed by atoms with Crippen LogP contribution in [0, 0.1) is 22.7 Å². The highest BCUT2D eigenvalue weighted by molar-refractivity contribution is 7.99. The summed E-state index contributed by atoms with van der Waals surface area (Å²) in [6, 6.07) is 13.7. The molecule has 0 fully saturated rings. The summed E-state index contributed by atoms with van der Waals surface area (Å²) in [4.78, 5) is 28.2. The molecule has 0 aliphatic carbocycles. The predicted octanol–water partition coefficient (Wildman–Crippen LogP) is 3.95. The second-order valence-electron chi connectivity index (χ2n) is 6.16. The molecule has 3 rings (SSSR count). The van der Waals surface area contributed by atoms with Crippen LogP contribution in [0.25, 0.3) is 10.4 Å². The zero-order valence-electron chi connectivity index (χ0n) is 16.0. The van der Waals surface area contributed by atoms with Crippen LogP contribution in [-0.4, -0.2) is 27.7 Å². The minimum Gasteiger partial charge on any atom is -0.478 e. The molecule has 3 aromatic rings. The zero-order valence-corrected chi connectivity index (χ0v) is 17.6. The third-order valence-corrected chi connectivity index (χ3v) is 6.01. The number of thiophene rings is 1. The lowest BCUT2D eigenvalue weighted by atomic mass is 10.0. The number of aromatic nitrogens is 1. The van der Waals surface area contributed by atoms with Gasteiger partial charge in [-0.05, 0) is 29.6 Å². The Balaban J connectivity index is 1.74. The highest BCUT2D eigenvalue weighted by Gasteiger charge is 2.21. The highest BCUT2D eigenvalue weighted by Crippen LogP contribution is 2.37. The lowest BCUT2D eigenvalue weighted by molar-refractivity contribution is -0.115. The van der Waals surface area contributed by atoms with Crippen molar-refractivity contribution in [1.29, 1.82) is 10.5 Å². The first-order valence-corrected chi connectivity index (χ1v) is 10.7. The highest BCUT2D eigenvalue weighted by atomic mass is 32.2. The van der Waals surface area contributed by atoms with Gasteiger partial charge in [-0.15, -0.1) is 23.1 Å². The number of nitrogen functional groups attached to an aromatic ring is 1. The second kappa shape index (κ2) is 9.76. The van der Waals surface area contributed by atoms with E-state index in [-0.39, 0.29) is 34.8 Å². The van der Waals surface area contributed by atoms with Gasteiger partial charge in [0.2, 0.25) is 5.91 Å². The molecule has 0 saturated heterocycles. The monoisotopic (exact) mass is 449 g/mol. The van der Waals surface area contributed by atoms with Crippen molar-refractivity contribution < 1.29 is 14.7 Å². The number of carbonyl (C=O) groups excluding carboxylic acids is 1. The summed E-state index contributed by atoms with van der Waals surface area (Å²) in [5.41, 5.74) is 7.26. The van der Waals surface area contributed by atoms with E-state index in [4.69, 9.17) is 10.8 Å². The fraction of sp³-hybridized carbons (Fsp3) is 0.0952. The molecule has 0 radical (unpaired) electrons. The molecule has 8 nitrogen and oxygen atoms in total. The van der Waals surface area contributed by atoms with Crippen molar-refractivity contribution in [3.8, 4) is 22.6 Å². The molecule has 31 heavy (non-hydrogen) atoms. The number of carbonyl (C=O) groups is 2. The number of pyridine rings is 1. The Bertz CT molecular complexity index is 1230. The van der Waals surface area contributed by atoms with Crippen LogP contribution in [0.3, 0.4) is 0 Å². The van der Waals surface area contributed by atoms with E-state index in [0.29, 0.717) is 22.0 Å². The van der Waals surface area contributed by atoms with Crippen molar-refractivity contribution in [3.63, 3.8) is 0 Å². The first-order valence-electron chi connectivity index (χ1n) is 8.88. The maximum atomic E-state index is 12.2. The topological polar surface area (TPSA) is 153 Å². The standard InChI is InChI=1S/C21H15N5O3S2/c22-10-14-18(16-5-2-7-30-16)15(11-23)20(26-19(14)24)31-8-6-17(27)25-13-4-1-3-12(9-13)21(28)29/h1-5,7,9H,6,8H2,(H2,24,26)(H,25,27)(H,28,29). The number of thioether (sulfide) groups is 1. The van der Waals surface area contributed by atoms with E-state index < -0.39 is 5.97 Å². The summed E-state index contributed by atoms with van der Waals surface area (Å²) < 4.78 is 0. The third kappa shape index (κ3) is 5.01. The molecule has 10 heteroatoms. The maximum Gasteiger partial charge on any atom is 0.335 e. The Morgan fingerprint density at radius 1 is 1.19 bits per heavy atom. The van der Waals surface area contributed by atoms with Crippen molar-refractivity contribution in [3.05, 3.63) is 58.5 Å². The van der Waals surface area contributed by atoms with Crippen LogP contribution in [0.15, 0.2) is 46.8 Å². The van der Waals surface area contributed by atoms with Crippen molar-refractivity contribution in [2.45, 2.75) is 11.4 Å². The van der Waals surface area contributed by atoms with Crippen molar-refractivity contribution >= 4 is 46.5 Å². The molecule has 0 atom stereocenters.